The topological polar surface area (TPSA) is 76.2 Å². The fourth-order valence-corrected chi connectivity index (χ4v) is 5.77. The molecule has 2 heterocycles. The van der Waals surface area contributed by atoms with Crippen molar-refractivity contribution in [1.29, 1.82) is 0 Å². The molecule has 2 fully saturated rings. The van der Waals surface area contributed by atoms with Crippen molar-refractivity contribution in [3.63, 3.8) is 0 Å². The maximum Gasteiger partial charge on any atom is 0.332 e. The van der Waals surface area contributed by atoms with Crippen LogP contribution in [0.5, 0.6) is 0 Å². The monoisotopic (exact) mass is 589 g/mol. The van der Waals surface area contributed by atoms with Gasteiger partial charge in [-0.15, -0.1) is 0 Å². The number of benzene rings is 3. The maximum atomic E-state index is 13.9. The first-order chi connectivity index (χ1) is 19.0. The molecule has 2 saturated heterocycles. The van der Waals surface area contributed by atoms with Gasteiger partial charge in [-0.3, -0.25) is 14.6 Å². The van der Waals surface area contributed by atoms with Crippen LogP contribution in [0.3, 0.4) is 0 Å². The second-order valence-electron chi connectivity index (χ2n) is 9.81. The predicted octanol–water partition coefficient (Wildman–Crippen LogP) is 4.54. The van der Waals surface area contributed by atoms with Crippen LogP contribution >= 0.6 is 15.9 Å². The Hall–Kier alpha value is -3.69. The minimum absolute atomic E-state index is 0.0325. The van der Waals surface area contributed by atoms with Crippen molar-refractivity contribution in [3.05, 3.63) is 106 Å². The van der Waals surface area contributed by atoms with Crippen molar-refractivity contribution in [2.45, 2.75) is 38.6 Å². The zero-order chi connectivity index (χ0) is 27.4. The molecular weight excluding hydrogens is 558 g/mol. The lowest BCUT2D eigenvalue weighted by Gasteiger charge is -2.46. The van der Waals surface area contributed by atoms with Crippen LogP contribution in [0.25, 0.3) is 0 Å². The fraction of sp³-hybridized carbons (Fsp3) is 0.300. The van der Waals surface area contributed by atoms with E-state index in [9.17, 15) is 14.4 Å². The number of carbonyl (C=O) groups is 3. The average molecular weight is 591 g/mol. The third-order valence-electron chi connectivity index (χ3n) is 7.10. The molecule has 0 bridgehead atoms. The number of nitrogens with one attached hydrogen (secondary N) is 1. The molecule has 0 saturated carbocycles. The standard InChI is InChI=1S/C30H32BrN5O3/c1-2-16-34(30(39)32-18-22-10-5-3-6-11-22)35-21-27(37)36-26(35)20-33(19-23-12-9-15-25(31)17-23)29(38)28(36)24-13-7-4-8-14-24/h3-15,17,26,28H,2,16,18-21H2,1H3,(H,32,39)/t26-,28+/m1/s1. The van der Waals surface area contributed by atoms with Crippen molar-refractivity contribution < 1.29 is 14.4 Å². The van der Waals surface area contributed by atoms with Crippen LogP contribution in [-0.4, -0.2) is 63.5 Å². The van der Waals surface area contributed by atoms with Gasteiger partial charge in [-0.2, -0.15) is 5.01 Å². The molecule has 0 spiro atoms. The summed E-state index contributed by atoms with van der Waals surface area (Å²) in [5.41, 5.74) is 2.74. The van der Waals surface area contributed by atoms with Gasteiger partial charge >= 0.3 is 6.03 Å². The number of hydrogen-bond donors (Lipinski definition) is 1. The van der Waals surface area contributed by atoms with E-state index < -0.39 is 12.2 Å². The van der Waals surface area contributed by atoms with Gasteiger partial charge in [0.2, 0.25) is 5.91 Å². The lowest BCUT2D eigenvalue weighted by Crippen LogP contribution is -2.62. The van der Waals surface area contributed by atoms with Crippen LogP contribution in [-0.2, 0) is 22.7 Å². The summed E-state index contributed by atoms with van der Waals surface area (Å²) in [5, 5.41) is 6.49. The number of amides is 4. The Bertz CT molecular complexity index is 1320. The molecule has 9 heteroatoms. The van der Waals surface area contributed by atoms with Gasteiger partial charge in [0.1, 0.15) is 12.2 Å². The van der Waals surface area contributed by atoms with E-state index in [4.69, 9.17) is 0 Å². The second-order valence-corrected chi connectivity index (χ2v) is 10.7. The van der Waals surface area contributed by atoms with E-state index in [1.54, 1.807) is 14.8 Å². The number of urea groups is 1. The van der Waals surface area contributed by atoms with Crippen molar-refractivity contribution in [1.82, 2.24) is 25.1 Å². The van der Waals surface area contributed by atoms with Gasteiger partial charge in [-0.05, 0) is 35.2 Å². The van der Waals surface area contributed by atoms with Gasteiger partial charge < -0.3 is 15.1 Å². The SMILES string of the molecule is CCCN(C(=O)NCc1ccccc1)N1CC(=O)N2[C@@H](c3ccccc3)C(=O)N(Cc3cccc(Br)c3)C[C@@H]21. The van der Waals surface area contributed by atoms with E-state index in [-0.39, 0.29) is 24.4 Å². The van der Waals surface area contributed by atoms with Crippen molar-refractivity contribution in [3.8, 4) is 0 Å². The van der Waals surface area contributed by atoms with Crippen molar-refractivity contribution in [2.75, 3.05) is 19.6 Å². The van der Waals surface area contributed by atoms with Crippen molar-refractivity contribution >= 4 is 33.8 Å². The number of hydrazine groups is 1. The lowest BCUT2D eigenvalue weighted by molar-refractivity contribution is -0.158. The summed E-state index contributed by atoms with van der Waals surface area (Å²) < 4.78 is 0.938. The summed E-state index contributed by atoms with van der Waals surface area (Å²) in [7, 11) is 0. The molecule has 3 aromatic carbocycles. The lowest BCUT2D eigenvalue weighted by atomic mass is 10.00. The first-order valence-corrected chi connectivity index (χ1v) is 14.0. The highest BCUT2D eigenvalue weighted by Gasteiger charge is 2.52. The molecule has 3 aromatic rings. The summed E-state index contributed by atoms with van der Waals surface area (Å²) in [6.07, 6.45) is 0.250. The van der Waals surface area contributed by atoms with Crippen LogP contribution in [0, 0.1) is 0 Å². The molecule has 39 heavy (non-hydrogen) atoms. The van der Waals surface area contributed by atoms with E-state index in [2.05, 4.69) is 21.2 Å². The molecule has 8 nitrogen and oxygen atoms in total. The Morgan fingerprint density at radius 2 is 1.67 bits per heavy atom. The van der Waals surface area contributed by atoms with Crippen molar-refractivity contribution in [2.24, 2.45) is 0 Å². The molecule has 0 aliphatic carbocycles. The number of rotatable bonds is 8. The van der Waals surface area contributed by atoms with Crippen LogP contribution in [0.2, 0.25) is 0 Å². The van der Waals surface area contributed by atoms with Gasteiger partial charge in [-0.25, -0.2) is 4.79 Å². The molecule has 4 amide bonds. The number of hydrogen-bond acceptors (Lipinski definition) is 4. The van der Waals surface area contributed by atoms with E-state index in [0.29, 0.717) is 26.2 Å². The van der Waals surface area contributed by atoms with Gasteiger partial charge in [-0.1, -0.05) is 95.7 Å². The molecule has 2 atom stereocenters. The Balaban J connectivity index is 1.45. The quantitative estimate of drug-likeness (QED) is 0.418. The van der Waals surface area contributed by atoms with Gasteiger partial charge in [0.05, 0.1) is 13.1 Å². The number of piperazine rings is 1. The molecule has 0 radical (unpaired) electrons. The van der Waals surface area contributed by atoms with Crippen LogP contribution in [0.1, 0.15) is 36.1 Å². The molecule has 202 valence electrons. The highest BCUT2D eigenvalue weighted by atomic mass is 79.9. The molecule has 0 aromatic heterocycles. The third kappa shape index (κ3) is 5.84. The Morgan fingerprint density at radius 1 is 0.974 bits per heavy atom. The van der Waals surface area contributed by atoms with E-state index >= 15 is 0 Å². The molecule has 0 unspecified atom stereocenters. The normalized spacial score (nSPS) is 19.2. The minimum Gasteiger partial charge on any atom is -0.333 e. The largest absolute Gasteiger partial charge is 0.333 e. The van der Waals surface area contributed by atoms with Crippen LogP contribution < -0.4 is 5.32 Å². The number of carbonyl (C=O) groups excluding carboxylic acids is 3. The smallest absolute Gasteiger partial charge is 0.332 e. The molecule has 5 rings (SSSR count). The number of fused-ring (bicyclic) bond motifs is 1. The van der Waals surface area contributed by atoms with Gasteiger partial charge in [0.15, 0.2) is 0 Å². The fourth-order valence-electron chi connectivity index (χ4n) is 5.32. The highest BCUT2D eigenvalue weighted by molar-refractivity contribution is 9.10. The molecule has 2 aliphatic rings. The molecule has 2 aliphatic heterocycles. The first-order valence-electron chi connectivity index (χ1n) is 13.2. The molecule has 1 N–H and O–H groups in total. The van der Waals surface area contributed by atoms with E-state index in [0.717, 1.165) is 27.6 Å². The predicted molar refractivity (Wildman–Crippen MR) is 152 cm³/mol. The third-order valence-corrected chi connectivity index (χ3v) is 7.60. The summed E-state index contributed by atoms with van der Waals surface area (Å²) in [6.45, 7) is 3.58. The average Bonchev–Trinajstić information content (AvgIpc) is 3.27. The van der Waals surface area contributed by atoms with Crippen LogP contribution in [0.15, 0.2) is 89.4 Å². The maximum absolute atomic E-state index is 13.9. The molecular formula is C30H32BrN5O3. The first kappa shape index (κ1) is 26.9. The zero-order valence-corrected chi connectivity index (χ0v) is 23.5. The van der Waals surface area contributed by atoms with E-state index in [1.165, 1.54) is 0 Å². The summed E-state index contributed by atoms with van der Waals surface area (Å²) in [6, 6.07) is 26.0. The Labute approximate surface area is 237 Å². The summed E-state index contributed by atoms with van der Waals surface area (Å²) >= 11 is 3.52. The highest BCUT2D eigenvalue weighted by Crippen LogP contribution is 2.36. The van der Waals surface area contributed by atoms with Crippen LogP contribution in [0.4, 0.5) is 4.79 Å². The Morgan fingerprint density at radius 3 is 2.36 bits per heavy atom. The zero-order valence-electron chi connectivity index (χ0n) is 21.9. The van der Waals surface area contributed by atoms with Gasteiger partial charge in [0, 0.05) is 24.1 Å². The summed E-state index contributed by atoms with van der Waals surface area (Å²) in [4.78, 5) is 44.4. The second kappa shape index (κ2) is 12.0. The van der Waals surface area contributed by atoms with Gasteiger partial charge in [0.25, 0.3) is 5.91 Å². The Kier molecular flexibility index (Phi) is 8.28. The number of nitrogens with zero attached hydrogens (tertiary/aromatic N) is 4. The number of halogens is 1. The summed E-state index contributed by atoms with van der Waals surface area (Å²) in [5.74, 6) is -0.288. The minimum atomic E-state index is -0.759. The van der Waals surface area contributed by atoms with E-state index in [1.807, 2.05) is 96.9 Å².